The molecule has 1 aromatic rings. The van der Waals surface area contributed by atoms with E-state index < -0.39 is 28.2 Å². The van der Waals surface area contributed by atoms with Gasteiger partial charge in [0.05, 0.1) is 0 Å². The molecule has 0 atom stereocenters. The molecule has 0 saturated heterocycles. The topological polar surface area (TPSA) is 54.4 Å². The van der Waals surface area contributed by atoms with Crippen molar-refractivity contribution in [3.63, 3.8) is 0 Å². The first-order chi connectivity index (χ1) is 15.4. The van der Waals surface area contributed by atoms with E-state index in [0.29, 0.717) is 4.90 Å². The summed E-state index contributed by atoms with van der Waals surface area (Å²) in [6.45, 7) is 8.89. The number of hydrogen-bond acceptors (Lipinski definition) is 3. The van der Waals surface area contributed by atoms with Gasteiger partial charge in [0.25, 0.3) is 0 Å². The molecule has 0 fully saturated rings. The van der Waals surface area contributed by atoms with E-state index in [-0.39, 0.29) is 6.61 Å². The molecule has 0 bridgehead atoms. The molecule has 0 amide bonds. The first kappa shape index (κ1) is 29.4. The van der Waals surface area contributed by atoms with Crippen molar-refractivity contribution in [3.8, 4) is 0 Å². The zero-order valence-corrected chi connectivity index (χ0v) is 24.6. The SMILES string of the molecule is CCCCC(=C\S(=O)(=O)c1ccccc1)/[C](=C\CO)[Sn]([CH2]CCC)([CH2]CCC)[CH2]CCC. The summed E-state index contributed by atoms with van der Waals surface area (Å²) in [5.41, 5.74) is 0.990. The number of benzene rings is 1. The summed E-state index contributed by atoms with van der Waals surface area (Å²) < 4.78 is 31.7. The van der Waals surface area contributed by atoms with E-state index in [9.17, 15) is 13.5 Å². The van der Waals surface area contributed by atoms with Gasteiger partial charge in [-0.15, -0.1) is 0 Å². The Hall–Kier alpha value is -0.591. The fourth-order valence-electron chi connectivity index (χ4n) is 4.59. The summed E-state index contributed by atoms with van der Waals surface area (Å²) in [5.74, 6) is 0. The molecule has 0 aliphatic heterocycles. The summed E-state index contributed by atoms with van der Waals surface area (Å²) in [5, 5.41) is 11.6. The van der Waals surface area contributed by atoms with Gasteiger partial charge in [-0.2, -0.15) is 0 Å². The van der Waals surface area contributed by atoms with Gasteiger partial charge < -0.3 is 0 Å². The van der Waals surface area contributed by atoms with Crippen molar-refractivity contribution in [1.29, 1.82) is 0 Å². The molecule has 0 aliphatic carbocycles. The molecule has 1 rings (SSSR count). The number of sulfone groups is 1. The van der Waals surface area contributed by atoms with Crippen molar-refractivity contribution < 1.29 is 13.5 Å². The van der Waals surface area contributed by atoms with E-state index in [1.807, 2.05) is 12.1 Å². The molecule has 0 spiro atoms. The number of aliphatic hydroxyl groups excluding tert-OH is 1. The fraction of sp³-hybridized carbons (Fsp3) is 0.630. The first-order valence-corrected chi connectivity index (χ1v) is 21.8. The molecule has 0 saturated carbocycles. The van der Waals surface area contributed by atoms with Crippen molar-refractivity contribution in [1.82, 2.24) is 0 Å². The molecule has 0 unspecified atom stereocenters. The van der Waals surface area contributed by atoms with Crippen molar-refractivity contribution in [3.05, 3.63) is 51.0 Å². The van der Waals surface area contributed by atoms with Crippen LogP contribution in [-0.2, 0) is 9.84 Å². The number of unbranched alkanes of at least 4 members (excludes halogenated alkanes) is 4. The van der Waals surface area contributed by atoms with Gasteiger partial charge in [0.2, 0.25) is 0 Å². The third-order valence-corrected chi connectivity index (χ3v) is 23.9. The van der Waals surface area contributed by atoms with Crippen LogP contribution in [0.15, 0.2) is 55.9 Å². The quantitative estimate of drug-likeness (QED) is 0.154. The molecule has 1 aromatic carbocycles. The fourth-order valence-corrected chi connectivity index (χ4v) is 23.5. The molecule has 182 valence electrons. The Bertz CT molecular complexity index is 776. The second-order valence-electron chi connectivity index (χ2n) is 9.00. The second kappa shape index (κ2) is 16.1. The zero-order valence-electron chi connectivity index (χ0n) is 20.9. The maximum absolute atomic E-state index is 13.3. The molecular weight excluding hydrogens is 523 g/mol. The molecule has 0 radical (unpaired) electrons. The Morgan fingerprint density at radius 2 is 1.34 bits per heavy atom. The number of hydrogen-bond donors (Lipinski definition) is 1. The van der Waals surface area contributed by atoms with Crippen molar-refractivity contribution in [2.45, 2.75) is 104 Å². The number of aliphatic hydroxyl groups is 1. The molecule has 1 N–H and O–H groups in total. The van der Waals surface area contributed by atoms with Crippen molar-refractivity contribution >= 4 is 28.2 Å². The van der Waals surface area contributed by atoms with E-state index in [0.717, 1.165) is 24.8 Å². The van der Waals surface area contributed by atoms with E-state index in [4.69, 9.17) is 0 Å². The summed E-state index contributed by atoms with van der Waals surface area (Å²) in [4.78, 5) is 0.355. The van der Waals surface area contributed by atoms with Gasteiger partial charge in [-0.1, -0.05) is 0 Å². The minimum absolute atomic E-state index is 0.00672. The van der Waals surface area contributed by atoms with Gasteiger partial charge in [-0.25, -0.2) is 0 Å². The van der Waals surface area contributed by atoms with Crippen LogP contribution in [0.2, 0.25) is 13.3 Å². The summed E-state index contributed by atoms with van der Waals surface area (Å²) in [7, 11) is -3.53. The Morgan fingerprint density at radius 3 is 1.78 bits per heavy atom. The van der Waals surface area contributed by atoms with Crippen LogP contribution in [0.25, 0.3) is 0 Å². The minimum atomic E-state index is -3.53. The third kappa shape index (κ3) is 9.34. The monoisotopic (exact) mass is 570 g/mol. The summed E-state index contributed by atoms with van der Waals surface area (Å²) in [6.07, 6.45) is 11.9. The van der Waals surface area contributed by atoms with Crippen molar-refractivity contribution in [2.75, 3.05) is 6.61 Å². The molecule has 0 aromatic heterocycles. The average molecular weight is 569 g/mol. The van der Waals surface area contributed by atoms with Crippen LogP contribution < -0.4 is 0 Å². The van der Waals surface area contributed by atoms with Crippen LogP contribution in [-0.4, -0.2) is 38.5 Å². The molecule has 0 heterocycles. The van der Waals surface area contributed by atoms with Gasteiger partial charge in [0.1, 0.15) is 0 Å². The standard InChI is InChI=1S/C15H19O3S.3C4H9.Sn/c1-2-3-8-14(9-7-12-16)13-19(17,18)15-10-5-4-6-11-15;3*1-3-4-2;/h4-7,10-11,13,16H,2-3,8,12H2,1H3;3*1,3-4H2,2H3;/b9-7?,14-13+;;;;. The van der Waals surface area contributed by atoms with Gasteiger partial charge >= 0.3 is 203 Å². The molecule has 5 heteroatoms. The average Bonchev–Trinajstić information content (AvgIpc) is 2.81. The maximum atomic E-state index is 13.3. The second-order valence-corrected chi connectivity index (χ2v) is 23.9. The van der Waals surface area contributed by atoms with E-state index in [1.54, 1.807) is 29.7 Å². The number of allylic oxidation sites excluding steroid dienone is 2. The Balaban J connectivity index is 3.65. The normalized spacial score (nSPS) is 13.5. The summed E-state index contributed by atoms with van der Waals surface area (Å²) in [6, 6.07) is 8.77. The predicted molar refractivity (Wildman–Crippen MR) is 141 cm³/mol. The van der Waals surface area contributed by atoms with E-state index in [1.165, 1.54) is 55.4 Å². The Kier molecular flexibility index (Phi) is 14.8. The van der Waals surface area contributed by atoms with Crippen LogP contribution in [0.4, 0.5) is 0 Å². The molecule has 0 aliphatic rings. The summed E-state index contributed by atoms with van der Waals surface area (Å²) >= 11 is -2.92. The van der Waals surface area contributed by atoms with Crippen molar-refractivity contribution in [2.24, 2.45) is 0 Å². The van der Waals surface area contributed by atoms with Crippen LogP contribution >= 0.6 is 0 Å². The van der Waals surface area contributed by atoms with E-state index in [2.05, 4.69) is 27.7 Å². The molecular formula is C27H46O3SSn. The van der Waals surface area contributed by atoms with Crippen LogP contribution in [0.3, 0.4) is 0 Å². The molecule has 3 nitrogen and oxygen atoms in total. The zero-order chi connectivity index (χ0) is 23.9. The third-order valence-electron chi connectivity index (χ3n) is 6.41. The van der Waals surface area contributed by atoms with Crippen LogP contribution in [0.1, 0.15) is 85.5 Å². The van der Waals surface area contributed by atoms with Gasteiger partial charge in [0.15, 0.2) is 0 Å². The van der Waals surface area contributed by atoms with E-state index >= 15 is 0 Å². The predicted octanol–water partition coefficient (Wildman–Crippen LogP) is 7.84. The number of rotatable bonds is 17. The van der Waals surface area contributed by atoms with Gasteiger partial charge in [-0.3, -0.25) is 0 Å². The Morgan fingerprint density at radius 1 is 0.844 bits per heavy atom. The van der Waals surface area contributed by atoms with Crippen LogP contribution in [0, 0.1) is 0 Å². The Labute approximate surface area is 202 Å². The van der Waals surface area contributed by atoms with Crippen LogP contribution in [0.5, 0.6) is 0 Å². The van der Waals surface area contributed by atoms with Gasteiger partial charge in [-0.05, 0) is 0 Å². The van der Waals surface area contributed by atoms with Gasteiger partial charge in [0, 0.05) is 0 Å². The molecule has 32 heavy (non-hydrogen) atoms. The first-order valence-electron chi connectivity index (χ1n) is 12.7.